The van der Waals surface area contributed by atoms with E-state index >= 15 is 0 Å². The Labute approximate surface area is 368 Å². The predicted molar refractivity (Wildman–Crippen MR) is 226 cm³/mol. The lowest BCUT2D eigenvalue weighted by Crippen LogP contribution is -2.62. The van der Waals surface area contributed by atoms with Crippen LogP contribution in [-0.2, 0) is 61.7 Å². The molecule has 1 unspecified atom stereocenters. The molecule has 4 saturated heterocycles. The Balaban J connectivity index is 1.91. The van der Waals surface area contributed by atoms with E-state index in [2.05, 4.69) is 5.18 Å². The molecule has 4 heterocycles. The van der Waals surface area contributed by atoms with Crippen LogP contribution in [0.5, 0.6) is 0 Å². The van der Waals surface area contributed by atoms with E-state index < -0.39 is 120 Å². The Morgan fingerprint density at radius 3 is 2.11 bits per heavy atom. The first-order chi connectivity index (χ1) is 29.0. The number of nitroso groups, excluding NO2 is 1. The number of carbonyl (C=O) groups is 3. The average molecular weight is 888 g/mol. The van der Waals surface area contributed by atoms with Gasteiger partial charge in [0.25, 0.3) is 0 Å². The monoisotopic (exact) mass is 888 g/mol. The minimum absolute atomic E-state index is 0.193. The predicted octanol–water partition coefficient (Wildman–Crippen LogP) is 5.13. The van der Waals surface area contributed by atoms with Crippen LogP contribution >= 0.6 is 0 Å². The third-order valence-corrected chi connectivity index (χ3v) is 14.0. The minimum atomic E-state index is -1.46. The number of nitrogens with zero attached hydrogens (tertiary/aromatic N) is 2. The van der Waals surface area contributed by atoms with Crippen LogP contribution < -0.4 is 5.73 Å². The zero-order valence-corrected chi connectivity index (χ0v) is 39.8. The van der Waals surface area contributed by atoms with E-state index in [4.69, 9.17) is 57.8 Å². The lowest BCUT2D eigenvalue weighted by Gasteiger charge is -2.50. The topological polar surface area (TPSA) is 211 Å². The van der Waals surface area contributed by atoms with Crippen molar-refractivity contribution < 1.29 is 66.5 Å². The Morgan fingerprint density at radius 1 is 0.903 bits per heavy atom. The standard InChI is InChI=1S/C44H77N3O15/c1-16-31-44(11)37(61-41(50)62-44)25(4)33(46-51)23(2)21-42(9,52-14)36(60-40-35(57-29(8)48)30(47(12)13)20-24(3)55-40)26(5)34(27(6)39(49)58-31)59-32-22-43(10,53-15)38(28(7)56-32)54-19-17-18-45/h23-28,30-38,40H,16-22,45H2,1-15H3/t23-,24-,25+,26+,27-,28+,30+,31-,32+,33?,34+,35-,36-,37-,38+,40+,42-,43-,44-/m1/s1. The van der Waals surface area contributed by atoms with Crippen LogP contribution in [0.25, 0.3) is 0 Å². The zero-order valence-electron chi connectivity index (χ0n) is 39.8. The molecular weight excluding hydrogens is 810 g/mol. The van der Waals surface area contributed by atoms with Crippen molar-refractivity contribution in [3.8, 4) is 0 Å². The highest BCUT2D eigenvalue weighted by Crippen LogP contribution is 2.45. The van der Waals surface area contributed by atoms with Gasteiger partial charge in [-0.1, -0.05) is 32.9 Å². The molecule has 0 aromatic heterocycles. The van der Waals surface area contributed by atoms with Gasteiger partial charge in [0.15, 0.2) is 30.4 Å². The average Bonchev–Trinajstić information content (AvgIpc) is 3.52. The molecule has 18 heteroatoms. The van der Waals surface area contributed by atoms with Crippen molar-refractivity contribution in [2.45, 2.75) is 199 Å². The number of esters is 2. The second kappa shape index (κ2) is 21.6. The van der Waals surface area contributed by atoms with Crippen molar-refractivity contribution in [2.75, 3.05) is 41.5 Å². The van der Waals surface area contributed by atoms with Gasteiger partial charge in [0.1, 0.15) is 18.2 Å². The lowest BCUT2D eigenvalue weighted by atomic mass is 9.72. The molecule has 19 atom stereocenters. The van der Waals surface area contributed by atoms with Crippen molar-refractivity contribution in [1.82, 2.24) is 4.90 Å². The van der Waals surface area contributed by atoms with Crippen molar-refractivity contribution in [3.63, 3.8) is 0 Å². The number of cyclic esters (lactones) is 1. The molecule has 0 spiro atoms. The summed E-state index contributed by atoms with van der Waals surface area (Å²) in [5.74, 6) is -4.05. The van der Waals surface area contributed by atoms with Crippen LogP contribution in [0.3, 0.4) is 0 Å². The number of fused-ring (bicyclic) bond motifs is 1. The Morgan fingerprint density at radius 2 is 1.55 bits per heavy atom. The van der Waals surface area contributed by atoms with E-state index in [-0.39, 0.29) is 31.4 Å². The molecule has 0 bridgehead atoms. The molecule has 0 amide bonds. The first-order valence-corrected chi connectivity index (χ1v) is 22.3. The van der Waals surface area contributed by atoms with E-state index in [0.717, 1.165) is 0 Å². The Hall–Kier alpha value is -2.55. The van der Waals surface area contributed by atoms with Crippen LogP contribution in [0.15, 0.2) is 5.18 Å². The van der Waals surface area contributed by atoms with Crippen molar-refractivity contribution >= 4 is 18.1 Å². The molecule has 0 aliphatic carbocycles. The van der Waals surface area contributed by atoms with Crippen molar-refractivity contribution in [2.24, 2.45) is 34.6 Å². The molecule has 0 saturated carbocycles. The zero-order chi connectivity index (χ0) is 46.5. The highest BCUT2D eigenvalue weighted by molar-refractivity contribution is 5.73. The summed E-state index contributed by atoms with van der Waals surface area (Å²) in [4.78, 5) is 55.2. The van der Waals surface area contributed by atoms with Crippen LogP contribution in [0.2, 0.25) is 0 Å². The van der Waals surface area contributed by atoms with Crippen LogP contribution in [-0.4, -0.2) is 155 Å². The highest BCUT2D eigenvalue weighted by Gasteiger charge is 2.60. The van der Waals surface area contributed by atoms with Crippen LogP contribution in [0.1, 0.15) is 108 Å². The number of carbonyl (C=O) groups excluding carboxylic acids is 3. The summed E-state index contributed by atoms with van der Waals surface area (Å²) in [6.07, 6.45) is -7.12. The minimum Gasteiger partial charge on any atom is -0.458 e. The van der Waals surface area contributed by atoms with Gasteiger partial charge in [-0.05, 0) is 93.8 Å². The van der Waals surface area contributed by atoms with E-state index in [1.165, 1.54) is 6.92 Å². The largest absolute Gasteiger partial charge is 0.509 e. The summed E-state index contributed by atoms with van der Waals surface area (Å²) in [7, 11) is 6.96. The van der Waals surface area contributed by atoms with Crippen LogP contribution in [0.4, 0.5) is 4.79 Å². The van der Waals surface area contributed by atoms with Gasteiger partial charge in [0.2, 0.25) is 0 Å². The molecule has 4 fully saturated rings. The summed E-state index contributed by atoms with van der Waals surface area (Å²) in [6.45, 7) is 20.6. The molecule has 62 heavy (non-hydrogen) atoms. The first kappa shape index (κ1) is 52.1. The van der Waals surface area contributed by atoms with Gasteiger partial charge in [-0.25, -0.2) is 4.79 Å². The number of hydrogen-bond acceptors (Lipinski definition) is 18. The van der Waals surface area contributed by atoms with Gasteiger partial charge >= 0.3 is 18.1 Å². The Bertz CT molecular complexity index is 1510. The summed E-state index contributed by atoms with van der Waals surface area (Å²) in [5.41, 5.74) is 2.19. The van der Waals surface area contributed by atoms with Gasteiger partial charge in [-0.15, -0.1) is 0 Å². The maximum absolute atomic E-state index is 14.7. The third-order valence-electron chi connectivity index (χ3n) is 14.0. The molecule has 4 aliphatic rings. The molecule has 18 nitrogen and oxygen atoms in total. The number of hydrogen-bond donors (Lipinski definition) is 1. The van der Waals surface area contributed by atoms with E-state index in [1.54, 1.807) is 35.0 Å². The number of methoxy groups -OCH3 is 2. The smallest absolute Gasteiger partial charge is 0.458 e. The van der Waals surface area contributed by atoms with Gasteiger partial charge < -0.3 is 62.7 Å². The maximum Gasteiger partial charge on any atom is 0.509 e. The fourth-order valence-corrected chi connectivity index (χ4v) is 10.5. The molecular formula is C44H77N3O15. The molecule has 358 valence electrons. The summed E-state index contributed by atoms with van der Waals surface area (Å²) in [6, 6.07) is -1.21. The number of nitrogens with two attached hydrogens (primary N) is 1. The number of rotatable bonds is 14. The molecule has 0 radical (unpaired) electrons. The summed E-state index contributed by atoms with van der Waals surface area (Å²) < 4.78 is 69.9. The second-order valence-electron chi connectivity index (χ2n) is 18.9. The van der Waals surface area contributed by atoms with Crippen LogP contribution in [0, 0.1) is 28.6 Å². The van der Waals surface area contributed by atoms with E-state index in [1.807, 2.05) is 67.5 Å². The fraction of sp³-hybridized carbons (Fsp3) is 0.932. The highest BCUT2D eigenvalue weighted by atomic mass is 16.8. The van der Waals surface area contributed by atoms with Gasteiger partial charge in [-0.3, -0.25) is 9.59 Å². The number of likely N-dealkylation sites (N-methyl/N-ethyl adjacent to an activating group) is 1. The van der Waals surface area contributed by atoms with Crippen molar-refractivity contribution in [3.05, 3.63) is 4.91 Å². The lowest BCUT2D eigenvalue weighted by molar-refractivity contribution is -0.323. The maximum atomic E-state index is 14.7. The third kappa shape index (κ3) is 11.3. The molecule has 2 N–H and O–H groups in total. The molecule has 0 aromatic carbocycles. The molecule has 0 aromatic rings. The summed E-state index contributed by atoms with van der Waals surface area (Å²) >= 11 is 0. The van der Waals surface area contributed by atoms with Crippen molar-refractivity contribution in [1.29, 1.82) is 0 Å². The fourth-order valence-electron chi connectivity index (χ4n) is 10.5. The first-order valence-electron chi connectivity index (χ1n) is 22.3. The van der Waals surface area contributed by atoms with Gasteiger partial charge in [0, 0.05) is 46.0 Å². The van der Waals surface area contributed by atoms with E-state index in [9.17, 15) is 19.3 Å². The second-order valence-corrected chi connectivity index (χ2v) is 18.9. The van der Waals surface area contributed by atoms with Gasteiger partial charge in [-0.2, -0.15) is 4.91 Å². The summed E-state index contributed by atoms with van der Waals surface area (Å²) in [5, 5.41) is 3.61. The molecule has 4 rings (SSSR count). The normalized spacial score (nSPS) is 44.7. The molecule has 4 aliphatic heterocycles. The number of ether oxygens (including phenoxy) is 11. The van der Waals surface area contributed by atoms with Gasteiger partial charge in [0.05, 0.1) is 47.6 Å². The Kier molecular flexibility index (Phi) is 18.2. The SMILES string of the molecule is CC[C@H]1OC(=O)[C@H](C)[C@@H](O[C@H]2C[C@@](C)(OC)[C@@H](OCCCN)[C@H](C)O2)[C@H](C)[C@@H](O[C@@H]2O[C@H](C)C[C@H](N(C)C)[C@H]2OC(C)=O)[C@](C)(OC)C[C@@H](C)C(N=O)[C@H](C)[C@H]2OC(=O)O[C@@]21C. The quantitative estimate of drug-likeness (QED) is 0.104. The van der Waals surface area contributed by atoms with E-state index in [0.29, 0.717) is 26.0 Å².